The Balaban J connectivity index is 2.40. The Morgan fingerprint density at radius 3 is 2.05 bits per heavy atom. The molecule has 5 unspecified atom stereocenters. The summed E-state index contributed by atoms with van der Waals surface area (Å²) in [6.07, 6.45) is 8.79. The quantitative estimate of drug-likeness (QED) is 0.160. The second-order valence-corrected chi connectivity index (χ2v) is 11.1. The first-order chi connectivity index (χ1) is 19.3. The van der Waals surface area contributed by atoms with Crippen molar-refractivity contribution in [2.45, 2.75) is 99.0 Å². The molecule has 220 valence electrons. The lowest BCUT2D eigenvalue weighted by Gasteiger charge is -2.34. The van der Waals surface area contributed by atoms with Gasteiger partial charge in [-0.1, -0.05) is 85.3 Å². The number of unbranched alkanes of at least 4 members (excludes halogenated alkanes) is 2. The average molecular weight is 552 g/mol. The van der Waals surface area contributed by atoms with E-state index >= 15 is 0 Å². The largest absolute Gasteiger partial charge is 0.338 e. The number of nitrogens with zero attached hydrogens (tertiary/aromatic N) is 5. The molecule has 0 aliphatic carbocycles. The third-order valence-corrected chi connectivity index (χ3v) is 8.29. The second-order valence-electron chi connectivity index (χ2n) is 11.1. The summed E-state index contributed by atoms with van der Waals surface area (Å²) in [5.74, 6) is -1.71. The molecule has 1 aliphatic rings. The molecule has 0 radical (unpaired) electrons. The number of azo groups is 1. The third-order valence-electron chi connectivity index (χ3n) is 8.29. The lowest BCUT2D eigenvalue weighted by Crippen LogP contribution is -2.55. The van der Waals surface area contributed by atoms with E-state index in [2.05, 4.69) is 37.9 Å². The van der Waals surface area contributed by atoms with Crippen LogP contribution in [0.2, 0.25) is 0 Å². The van der Waals surface area contributed by atoms with Crippen molar-refractivity contribution in [1.29, 1.82) is 5.26 Å². The number of carbonyl (C=O) groups is 3. The Bertz CT molecular complexity index is 1030. The summed E-state index contributed by atoms with van der Waals surface area (Å²) in [6.45, 7) is 13.8. The zero-order valence-electron chi connectivity index (χ0n) is 25.4. The Morgan fingerprint density at radius 1 is 0.975 bits per heavy atom. The Kier molecular flexibility index (Phi) is 14.0. The average Bonchev–Trinajstić information content (AvgIpc) is 2.96. The molecule has 3 amide bonds. The molecule has 0 saturated carbocycles. The third kappa shape index (κ3) is 8.46. The van der Waals surface area contributed by atoms with Gasteiger partial charge in [0, 0.05) is 25.6 Å². The zero-order chi connectivity index (χ0) is 29.7. The summed E-state index contributed by atoms with van der Waals surface area (Å²) >= 11 is 0. The lowest BCUT2D eigenvalue weighted by molar-refractivity contribution is -0.153. The van der Waals surface area contributed by atoms with E-state index in [1.54, 1.807) is 32.0 Å². The first-order valence-electron chi connectivity index (χ1n) is 15.3. The minimum Gasteiger partial charge on any atom is -0.338 e. The van der Waals surface area contributed by atoms with Crippen molar-refractivity contribution >= 4 is 23.4 Å². The van der Waals surface area contributed by atoms with Gasteiger partial charge in [0.1, 0.15) is 5.92 Å². The van der Waals surface area contributed by atoms with E-state index in [1.165, 1.54) is 0 Å². The van der Waals surface area contributed by atoms with E-state index in [9.17, 15) is 19.6 Å². The topological polar surface area (TPSA) is 106 Å². The Hall–Kier alpha value is -3.08. The van der Waals surface area contributed by atoms with Gasteiger partial charge in [-0.2, -0.15) is 15.5 Å². The van der Waals surface area contributed by atoms with Crippen molar-refractivity contribution in [3.05, 3.63) is 29.8 Å². The number of likely N-dealkylation sites (N-methyl/N-ethyl adjacent to an activating group) is 1. The van der Waals surface area contributed by atoms with E-state index in [4.69, 9.17) is 0 Å². The van der Waals surface area contributed by atoms with Gasteiger partial charge in [-0.3, -0.25) is 19.3 Å². The van der Waals surface area contributed by atoms with Crippen LogP contribution in [0.5, 0.6) is 0 Å². The van der Waals surface area contributed by atoms with Gasteiger partial charge >= 0.3 is 0 Å². The first-order valence-corrected chi connectivity index (χ1v) is 15.3. The number of piperidine rings is 1. The maximum atomic E-state index is 14.1. The Morgan fingerprint density at radius 2 is 1.55 bits per heavy atom. The van der Waals surface area contributed by atoms with Crippen LogP contribution in [0.15, 0.2) is 34.5 Å². The molecule has 0 aromatic heterocycles. The van der Waals surface area contributed by atoms with Crippen LogP contribution in [0.4, 0.5) is 5.69 Å². The number of nitriles is 1. The first kappa shape index (κ1) is 33.1. The van der Waals surface area contributed by atoms with E-state index in [0.717, 1.165) is 56.3 Å². The standard InChI is InChI=1S/C32H49N5O3/c1-7-12-16-24(9-3)21-36(22-25(10-4)17-13-8-2)30(38)26-18-14-15-19-28(26)34-35-29-23(6)27(20-33)31(39)37(11-5)32(29)40/h14-15,18-19,23-25,27,29H,7-13,16-17,21-22H2,1-6H3. The van der Waals surface area contributed by atoms with Gasteiger partial charge in [-0.05, 0) is 43.7 Å². The zero-order valence-corrected chi connectivity index (χ0v) is 25.4. The van der Waals surface area contributed by atoms with Gasteiger partial charge in [-0.25, -0.2) is 0 Å². The molecule has 2 rings (SSSR count). The van der Waals surface area contributed by atoms with E-state index in [-0.39, 0.29) is 12.5 Å². The number of rotatable bonds is 16. The van der Waals surface area contributed by atoms with Crippen molar-refractivity contribution in [2.75, 3.05) is 19.6 Å². The van der Waals surface area contributed by atoms with Gasteiger partial charge in [-0.15, -0.1) is 0 Å². The highest BCUT2D eigenvalue weighted by Gasteiger charge is 2.46. The molecule has 1 fully saturated rings. The van der Waals surface area contributed by atoms with Crippen molar-refractivity contribution in [1.82, 2.24) is 9.80 Å². The number of hydrogen-bond acceptors (Lipinski definition) is 6. The maximum absolute atomic E-state index is 14.1. The number of amides is 3. The van der Waals surface area contributed by atoms with E-state index < -0.39 is 29.7 Å². The van der Waals surface area contributed by atoms with Crippen LogP contribution < -0.4 is 0 Å². The SMILES string of the molecule is CCCCC(CC)CN(CC(CC)CCCC)C(=O)c1ccccc1N=NC1C(=O)N(CC)C(=O)C(C#N)C1C. The monoisotopic (exact) mass is 551 g/mol. The molecule has 0 spiro atoms. The van der Waals surface area contributed by atoms with Crippen LogP contribution >= 0.6 is 0 Å². The number of imide groups is 1. The molecule has 5 atom stereocenters. The maximum Gasteiger partial charge on any atom is 0.256 e. The number of likely N-dealkylation sites (tertiary alicyclic amines) is 1. The summed E-state index contributed by atoms with van der Waals surface area (Å²) in [7, 11) is 0. The summed E-state index contributed by atoms with van der Waals surface area (Å²) in [5, 5.41) is 18.3. The molecule has 8 nitrogen and oxygen atoms in total. The molecule has 8 heteroatoms. The number of hydrogen-bond donors (Lipinski definition) is 0. The van der Waals surface area contributed by atoms with Gasteiger partial charge in [0.25, 0.3) is 11.8 Å². The predicted molar refractivity (Wildman–Crippen MR) is 158 cm³/mol. The van der Waals surface area contributed by atoms with E-state index in [0.29, 0.717) is 36.2 Å². The molecule has 0 N–H and O–H groups in total. The molecule has 0 bridgehead atoms. The fraction of sp³-hybridized carbons (Fsp3) is 0.688. The highest BCUT2D eigenvalue weighted by molar-refractivity contribution is 6.03. The molecule has 1 aromatic rings. The molecular weight excluding hydrogens is 502 g/mol. The molecule has 1 aromatic carbocycles. The van der Waals surface area contributed by atoms with Gasteiger partial charge in [0.2, 0.25) is 5.91 Å². The molecule has 40 heavy (non-hydrogen) atoms. The molecule has 1 aliphatic heterocycles. The van der Waals surface area contributed by atoms with Gasteiger partial charge in [0.05, 0.1) is 17.3 Å². The molecule has 1 saturated heterocycles. The predicted octanol–water partition coefficient (Wildman–Crippen LogP) is 7.18. The summed E-state index contributed by atoms with van der Waals surface area (Å²) in [4.78, 5) is 42.8. The normalized spacial score (nSPS) is 20.9. The fourth-order valence-corrected chi connectivity index (χ4v) is 5.44. The van der Waals surface area contributed by atoms with Crippen molar-refractivity contribution in [2.24, 2.45) is 33.9 Å². The Labute approximate surface area is 241 Å². The van der Waals surface area contributed by atoms with Crippen LogP contribution in [0, 0.1) is 35.0 Å². The summed E-state index contributed by atoms with van der Waals surface area (Å²) < 4.78 is 0. The lowest BCUT2D eigenvalue weighted by atomic mass is 9.83. The van der Waals surface area contributed by atoms with Crippen LogP contribution in [0.3, 0.4) is 0 Å². The van der Waals surface area contributed by atoms with Crippen molar-refractivity contribution < 1.29 is 14.4 Å². The van der Waals surface area contributed by atoms with Gasteiger partial charge < -0.3 is 4.90 Å². The van der Waals surface area contributed by atoms with Crippen molar-refractivity contribution in [3.63, 3.8) is 0 Å². The fourth-order valence-electron chi connectivity index (χ4n) is 5.44. The summed E-state index contributed by atoms with van der Waals surface area (Å²) in [5.41, 5.74) is 0.854. The summed E-state index contributed by atoms with van der Waals surface area (Å²) in [6, 6.07) is 8.21. The van der Waals surface area contributed by atoms with Gasteiger partial charge in [0.15, 0.2) is 6.04 Å². The van der Waals surface area contributed by atoms with E-state index in [1.807, 2.05) is 17.0 Å². The van der Waals surface area contributed by atoms with Crippen LogP contribution in [-0.2, 0) is 9.59 Å². The number of benzene rings is 1. The highest BCUT2D eigenvalue weighted by atomic mass is 16.2. The molecular formula is C32H49N5O3. The minimum absolute atomic E-state index is 0.0669. The minimum atomic E-state index is -0.961. The number of carbonyl (C=O) groups excluding carboxylic acids is 3. The highest BCUT2D eigenvalue weighted by Crippen LogP contribution is 2.30. The second kappa shape index (κ2) is 16.9. The van der Waals surface area contributed by atoms with Crippen LogP contribution in [0.1, 0.15) is 103 Å². The van der Waals surface area contributed by atoms with Crippen molar-refractivity contribution in [3.8, 4) is 6.07 Å². The smallest absolute Gasteiger partial charge is 0.256 e. The molecule has 1 heterocycles. The van der Waals surface area contributed by atoms with Crippen LogP contribution in [0.25, 0.3) is 0 Å². The van der Waals surface area contributed by atoms with Crippen LogP contribution in [-0.4, -0.2) is 53.2 Å².